The molecule has 0 bridgehead atoms. The summed E-state index contributed by atoms with van der Waals surface area (Å²) in [6.07, 6.45) is -0.0212. The van der Waals surface area contributed by atoms with Crippen molar-refractivity contribution in [2.24, 2.45) is 7.05 Å². The van der Waals surface area contributed by atoms with Crippen LogP contribution in [0.2, 0.25) is 0 Å². The number of carbonyl (C=O) groups excluding carboxylic acids is 2. The van der Waals surface area contributed by atoms with Gasteiger partial charge in [-0.2, -0.15) is 14.6 Å². The van der Waals surface area contributed by atoms with E-state index in [1.165, 1.54) is 18.7 Å². The summed E-state index contributed by atoms with van der Waals surface area (Å²) in [5.74, 6) is -0.452. The van der Waals surface area contributed by atoms with E-state index in [9.17, 15) is 9.59 Å². The Morgan fingerprint density at radius 2 is 1.88 bits per heavy atom. The molecule has 3 aromatic heterocycles. The van der Waals surface area contributed by atoms with Crippen LogP contribution in [-0.4, -0.2) is 66.5 Å². The van der Waals surface area contributed by atoms with Crippen molar-refractivity contribution in [3.63, 3.8) is 0 Å². The Bertz CT molecular complexity index is 934. The summed E-state index contributed by atoms with van der Waals surface area (Å²) < 4.78 is 12.2. The van der Waals surface area contributed by atoms with Crippen molar-refractivity contribution in [1.29, 1.82) is 0 Å². The third-order valence-electron chi connectivity index (χ3n) is 3.16. The quantitative estimate of drug-likeness (QED) is 0.434. The van der Waals surface area contributed by atoms with Crippen LogP contribution >= 0.6 is 11.8 Å². The molecular weight excluding hydrogens is 338 g/mol. The van der Waals surface area contributed by atoms with Crippen LogP contribution < -0.4 is 0 Å². The molecule has 0 aliphatic carbocycles. The van der Waals surface area contributed by atoms with E-state index in [4.69, 9.17) is 0 Å². The van der Waals surface area contributed by atoms with Gasteiger partial charge in [0.1, 0.15) is 5.69 Å². The van der Waals surface area contributed by atoms with Crippen molar-refractivity contribution in [2.75, 3.05) is 20.0 Å². The molecule has 3 rings (SSSR count). The van der Waals surface area contributed by atoms with Gasteiger partial charge in [0.05, 0.1) is 26.4 Å². The first-order chi connectivity index (χ1) is 11.5. The largest absolute Gasteiger partial charge is 0.469 e. The molecule has 0 aliphatic heterocycles. The van der Waals surface area contributed by atoms with Crippen LogP contribution in [0, 0.1) is 0 Å². The van der Waals surface area contributed by atoms with Gasteiger partial charge in [-0.1, -0.05) is 11.8 Å². The standard InChI is InChI=1S/C12H13N7O4S/c1-18-10-9(6(16-18)4-7(20)22-2)14-15-11-13-12(17-19(10)11)24-5-8(21)23-3/h4-5H2,1-3H3. The molecule has 12 heteroatoms. The summed E-state index contributed by atoms with van der Waals surface area (Å²) >= 11 is 1.13. The molecule has 0 saturated carbocycles. The molecular formula is C12H13N7O4S. The van der Waals surface area contributed by atoms with Crippen molar-refractivity contribution in [3.8, 4) is 0 Å². The monoisotopic (exact) mass is 351 g/mol. The minimum atomic E-state index is -0.426. The summed E-state index contributed by atoms with van der Waals surface area (Å²) in [5.41, 5.74) is 1.41. The maximum absolute atomic E-state index is 11.5. The number of hydrogen-bond acceptors (Lipinski definition) is 10. The number of nitrogens with zero attached hydrogens (tertiary/aromatic N) is 7. The third-order valence-corrected chi connectivity index (χ3v) is 3.97. The summed E-state index contributed by atoms with van der Waals surface area (Å²) in [4.78, 5) is 26.9. The first-order valence-electron chi connectivity index (χ1n) is 6.75. The van der Waals surface area contributed by atoms with Gasteiger partial charge in [0, 0.05) is 7.05 Å². The van der Waals surface area contributed by atoms with Crippen LogP contribution in [0.3, 0.4) is 0 Å². The van der Waals surface area contributed by atoms with Crippen LogP contribution in [-0.2, 0) is 32.5 Å². The molecule has 0 fully saturated rings. The van der Waals surface area contributed by atoms with Gasteiger partial charge in [-0.3, -0.25) is 9.59 Å². The predicted octanol–water partition coefficient (Wildman–Crippen LogP) is -0.613. The minimum Gasteiger partial charge on any atom is -0.469 e. The molecule has 0 spiro atoms. The third kappa shape index (κ3) is 2.87. The molecule has 0 unspecified atom stereocenters. The summed E-state index contributed by atoms with van der Waals surface area (Å²) in [5, 5.41) is 17.0. The molecule has 0 aliphatic rings. The zero-order valence-corrected chi connectivity index (χ0v) is 13.9. The Kier molecular flexibility index (Phi) is 4.29. The second-order valence-electron chi connectivity index (χ2n) is 4.67. The van der Waals surface area contributed by atoms with Crippen molar-refractivity contribution < 1.29 is 19.1 Å². The van der Waals surface area contributed by atoms with E-state index in [1.807, 2.05) is 0 Å². The van der Waals surface area contributed by atoms with E-state index in [2.05, 4.69) is 34.9 Å². The highest BCUT2D eigenvalue weighted by molar-refractivity contribution is 7.99. The SMILES string of the molecule is COC(=O)CSc1nc2nnc3c(CC(=O)OC)nn(C)c3n2n1. The van der Waals surface area contributed by atoms with E-state index in [-0.39, 0.29) is 23.9 Å². The second-order valence-corrected chi connectivity index (χ2v) is 5.61. The lowest BCUT2D eigenvalue weighted by atomic mass is 10.3. The summed E-state index contributed by atoms with van der Waals surface area (Å²) in [6.45, 7) is 0. The Hall–Kier alpha value is -2.76. The number of carbonyl (C=O) groups is 2. The Morgan fingerprint density at radius 3 is 2.58 bits per heavy atom. The molecule has 24 heavy (non-hydrogen) atoms. The lowest BCUT2D eigenvalue weighted by Crippen LogP contribution is -2.06. The Morgan fingerprint density at radius 1 is 1.12 bits per heavy atom. The maximum Gasteiger partial charge on any atom is 0.316 e. The highest BCUT2D eigenvalue weighted by Crippen LogP contribution is 2.19. The van der Waals surface area contributed by atoms with E-state index in [1.54, 1.807) is 11.7 Å². The van der Waals surface area contributed by atoms with Crippen LogP contribution in [0.4, 0.5) is 0 Å². The first-order valence-corrected chi connectivity index (χ1v) is 7.73. The van der Waals surface area contributed by atoms with Crippen molar-refractivity contribution >= 4 is 40.6 Å². The van der Waals surface area contributed by atoms with E-state index >= 15 is 0 Å². The van der Waals surface area contributed by atoms with Gasteiger partial charge >= 0.3 is 11.9 Å². The van der Waals surface area contributed by atoms with E-state index < -0.39 is 5.97 Å². The number of aromatic nitrogens is 7. The second kappa shape index (κ2) is 6.39. The summed E-state index contributed by atoms with van der Waals surface area (Å²) in [7, 11) is 4.32. The number of methoxy groups -OCH3 is 2. The topological polar surface area (TPSA) is 126 Å². The van der Waals surface area contributed by atoms with Crippen molar-refractivity contribution in [2.45, 2.75) is 11.6 Å². The minimum absolute atomic E-state index is 0.0212. The van der Waals surface area contributed by atoms with Gasteiger partial charge < -0.3 is 9.47 Å². The molecule has 3 heterocycles. The highest BCUT2D eigenvalue weighted by atomic mass is 32.2. The van der Waals surface area contributed by atoms with Crippen molar-refractivity contribution in [3.05, 3.63) is 5.69 Å². The maximum atomic E-state index is 11.5. The fourth-order valence-corrected chi connectivity index (χ4v) is 2.71. The lowest BCUT2D eigenvalue weighted by Gasteiger charge is -1.96. The number of hydrogen-bond donors (Lipinski definition) is 0. The average molecular weight is 351 g/mol. The van der Waals surface area contributed by atoms with Gasteiger partial charge in [-0.25, -0.2) is 4.68 Å². The number of rotatable bonds is 5. The van der Waals surface area contributed by atoms with Gasteiger partial charge in [0.2, 0.25) is 5.16 Å². The fourth-order valence-electron chi connectivity index (χ4n) is 2.06. The molecule has 126 valence electrons. The van der Waals surface area contributed by atoms with Crippen LogP contribution in [0.15, 0.2) is 5.16 Å². The Labute approximate surface area is 139 Å². The van der Waals surface area contributed by atoms with Gasteiger partial charge in [0.15, 0.2) is 11.2 Å². The highest BCUT2D eigenvalue weighted by Gasteiger charge is 2.19. The average Bonchev–Trinajstić information content (AvgIpc) is 3.13. The zero-order chi connectivity index (χ0) is 17.3. The molecule has 0 saturated heterocycles. The first kappa shape index (κ1) is 16.1. The molecule has 11 nitrogen and oxygen atoms in total. The van der Waals surface area contributed by atoms with Gasteiger partial charge in [-0.15, -0.1) is 15.3 Å². The number of esters is 2. The Balaban J connectivity index is 2.02. The number of fused-ring (bicyclic) bond motifs is 3. The number of aryl methyl sites for hydroxylation is 1. The fraction of sp³-hybridized carbons (Fsp3) is 0.417. The summed E-state index contributed by atoms with van der Waals surface area (Å²) in [6, 6.07) is 0. The number of thioether (sulfide) groups is 1. The zero-order valence-electron chi connectivity index (χ0n) is 13.1. The van der Waals surface area contributed by atoms with Gasteiger partial charge in [-0.05, 0) is 0 Å². The predicted molar refractivity (Wildman–Crippen MR) is 81.3 cm³/mol. The lowest BCUT2D eigenvalue weighted by molar-refractivity contribution is -0.140. The van der Waals surface area contributed by atoms with Crippen molar-refractivity contribution in [1.82, 2.24) is 34.6 Å². The van der Waals surface area contributed by atoms with E-state index in [0.717, 1.165) is 11.8 Å². The normalized spacial score (nSPS) is 11.1. The molecule has 0 amide bonds. The molecule has 0 N–H and O–H groups in total. The molecule has 0 aromatic carbocycles. The van der Waals surface area contributed by atoms with Crippen LogP contribution in [0.1, 0.15) is 5.69 Å². The van der Waals surface area contributed by atoms with E-state index in [0.29, 0.717) is 22.0 Å². The van der Waals surface area contributed by atoms with Crippen LogP contribution in [0.5, 0.6) is 0 Å². The molecule has 0 atom stereocenters. The molecule has 0 radical (unpaired) electrons. The van der Waals surface area contributed by atoms with Gasteiger partial charge in [0.25, 0.3) is 5.78 Å². The molecule has 3 aromatic rings. The smallest absolute Gasteiger partial charge is 0.316 e. The number of ether oxygens (including phenoxy) is 2. The van der Waals surface area contributed by atoms with Crippen LogP contribution in [0.25, 0.3) is 16.9 Å².